The minimum absolute atomic E-state index is 0.0777. The lowest BCUT2D eigenvalue weighted by Gasteiger charge is -2.16. The maximum Gasteiger partial charge on any atom is 0.255 e. The van der Waals surface area contributed by atoms with Crippen LogP contribution in [-0.2, 0) is 0 Å². The molecule has 3 aromatic carbocycles. The number of carbonyl (C=O) groups is 2. The first-order valence-corrected chi connectivity index (χ1v) is 12.4. The number of H-pyrrole nitrogens is 1. The van der Waals surface area contributed by atoms with Gasteiger partial charge in [-0.3, -0.25) is 9.59 Å². The number of amides is 2. The van der Waals surface area contributed by atoms with Crippen molar-refractivity contribution in [2.24, 2.45) is 0 Å². The van der Waals surface area contributed by atoms with Crippen molar-refractivity contribution in [2.75, 3.05) is 5.32 Å². The van der Waals surface area contributed by atoms with Gasteiger partial charge in [-0.1, -0.05) is 33.1 Å². The third kappa shape index (κ3) is 6.16. The second-order valence-corrected chi connectivity index (χ2v) is 8.93. The average molecular weight is 487 g/mol. The minimum Gasteiger partial charge on any atom is -0.349 e. The monoisotopic (exact) mass is 486 g/mol. The highest BCUT2D eigenvalue weighted by Crippen LogP contribution is 2.23. The molecule has 1 atom stereocenters. The average Bonchev–Trinajstić information content (AvgIpc) is 3.32. The Labute approximate surface area is 210 Å². The van der Waals surface area contributed by atoms with Crippen molar-refractivity contribution in [3.63, 3.8) is 0 Å². The van der Waals surface area contributed by atoms with Crippen LogP contribution in [0.3, 0.4) is 0 Å². The van der Waals surface area contributed by atoms with Gasteiger partial charge in [-0.25, -0.2) is 9.37 Å². The van der Waals surface area contributed by atoms with Crippen molar-refractivity contribution < 1.29 is 14.0 Å². The van der Waals surface area contributed by atoms with Crippen molar-refractivity contribution >= 4 is 28.5 Å². The highest BCUT2D eigenvalue weighted by molar-refractivity contribution is 6.04. The Hall–Kier alpha value is -4.00. The van der Waals surface area contributed by atoms with E-state index in [0.29, 0.717) is 28.2 Å². The van der Waals surface area contributed by atoms with Gasteiger partial charge >= 0.3 is 0 Å². The van der Waals surface area contributed by atoms with Gasteiger partial charge in [-0.15, -0.1) is 0 Å². The Kier molecular flexibility index (Phi) is 8.10. The summed E-state index contributed by atoms with van der Waals surface area (Å²) in [6, 6.07) is 18.3. The van der Waals surface area contributed by atoms with Crippen LogP contribution in [0.15, 0.2) is 66.7 Å². The fraction of sp³-hybridized carbons (Fsp3) is 0.276. The summed E-state index contributed by atoms with van der Waals surface area (Å²) in [4.78, 5) is 33.1. The van der Waals surface area contributed by atoms with Gasteiger partial charge in [0.2, 0.25) is 0 Å². The molecule has 36 heavy (non-hydrogen) atoms. The fourth-order valence-electron chi connectivity index (χ4n) is 4.09. The van der Waals surface area contributed by atoms with Crippen LogP contribution in [0.4, 0.5) is 10.1 Å². The Morgan fingerprint density at radius 2 is 1.64 bits per heavy atom. The molecule has 0 aliphatic carbocycles. The van der Waals surface area contributed by atoms with Crippen molar-refractivity contribution in [2.45, 2.75) is 52.0 Å². The number of benzene rings is 3. The lowest BCUT2D eigenvalue weighted by Crippen LogP contribution is -2.34. The summed E-state index contributed by atoms with van der Waals surface area (Å²) >= 11 is 0. The summed E-state index contributed by atoms with van der Waals surface area (Å²) < 4.78 is 13.1. The van der Waals surface area contributed by atoms with Crippen LogP contribution in [0.1, 0.15) is 66.7 Å². The topological polar surface area (TPSA) is 86.9 Å². The Morgan fingerprint density at radius 1 is 0.917 bits per heavy atom. The SMILES string of the molecule is CCCCCC(CC)NC(=O)c1ccc2[nH]c(-c3ccc(NC(=O)c4ccc(F)cc4)cc3)nc2c1. The molecule has 1 aromatic heterocycles. The highest BCUT2D eigenvalue weighted by Gasteiger charge is 2.14. The molecule has 0 saturated heterocycles. The maximum atomic E-state index is 13.1. The van der Waals surface area contributed by atoms with Gasteiger partial charge in [0.15, 0.2) is 0 Å². The molecule has 2 amide bonds. The number of unbranched alkanes of at least 4 members (excludes halogenated alkanes) is 2. The van der Waals surface area contributed by atoms with Gasteiger partial charge in [0.1, 0.15) is 11.6 Å². The molecule has 0 aliphatic heterocycles. The van der Waals surface area contributed by atoms with Crippen LogP contribution in [0.25, 0.3) is 22.4 Å². The van der Waals surface area contributed by atoms with Gasteiger partial charge in [0.05, 0.1) is 11.0 Å². The molecular weight excluding hydrogens is 455 g/mol. The van der Waals surface area contributed by atoms with E-state index < -0.39 is 0 Å². The Morgan fingerprint density at radius 3 is 2.33 bits per heavy atom. The number of fused-ring (bicyclic) bond motifs is 1. The quantitative estimate of drug-likeness (QED) is 0.218. The van der Waals surface area contributed by atoms with E-state index in [1.807, 2.05) is 24.3 Å². The van der Waals surface area contributed by atoms with E-state index >= 15 is 0 Å². The Balaban J connectivity index is 1.43. The van der Waals surface area contributed by atoms with Crippen molar-refractivity contribution in [1.82, 2.24) is 15.3 Å². The summed E-state index contributed by atoms with van der Waals surface area (Å²) in [5, 5.41) is 5.95. The maximum absolute atomic E-state index is 13.1. The van der Waals surface area contributed by atoms with Crippen molar-refractivity contribution in [3.05, 3.63) is 83.7 Å². The smallest absolute Gasteiger partial charge is 0.255 e. The van der Waals surface area contributed by atoms with Crippen LogP contribution in [0.5, 0.6) is 0 Å². The predicted octanol–water partition coefficient (Wildman–Crippen LogP) is 6.71. The number of hydrogen-bond acceptors (Lipinski definition) is 3. The van der Waals surface area contributed by atoms with Gasteiger partial charge in [0, 0.05) is 28.4 Å². The second kappa shape index (κ2) is 11.6. The number of nitrogens with one attached hydrogen (secondary N) is 3. The summed E-state index contributed by atoms with van der Waals surface area (Å²) in [5.41, 5.74) is 3.99. The van der Waals surface area contributed by atoms with Gasteiger partial charge < -0.3 is 15.6 Å². The molecule has 0 spiro atoms. The van der Waals surface area contributed by atoms with E-state index in [-0.39, 0.29) is 23.7 Å². The molecule has 6 nitrogen and oxygen atoms in total. The summed E-state index contributed by atoms with van der Waals surface area (Å²) in [5.74, 6) is -0.106. The van der Waals surface area contributed by atoms with Crippen LogP contribution < -0.4 is 10.6 Å². The Bertz CT molecular complexity index is 1330. The second-order valence-electron chi connectivity index (χ2n) is 8.93. The number of hydrogen-bond donors (Lipinski definition) is 3. The fourth-order valence-corrected chi connectivity index (χ4v) is 4.09. The molecule has 0 bridgehead atoms. The minimum atomic E-state index is -0.387. The number of nitrogens with zero attached hydrogens (tertiary/aromatic N) is 1. The number of rotatable bonds is 10. The van der Waals surface area contributed by atoms with E-state index in [2.05, 4.69) is 34.4 Å². The first kappa shape index (κ1) is 25.1. The first-order valence-electron chi connectivity index (χ1n) is 12.4. The standard InChI is InChI=1S/C29H31FN4O2/c1-3-5-6-7-23(4-2)31-29(36)21-12-17-25-26(18-21)34-27(33-25)19-10-15-24(16-11-19)32-28(35)20-8-13-22(30)14-9-20/h8-18,23H,3-7H2,1-2H3,(H,31,36)(H,32,35)(H,33,34). The normalized spacial score (nSPS) is 11.9. The molecule has 4 aromatic rings. The third-order valence-electron chi connectivity index (χ3n) is 6.25. The first-order chi connectivity index (χ1) is 17.5. The van der Waals surface area contributed by atoms with Crippen molar-refractivity contribution in [3.8, 4) is 11.4 Å². The van der Waals surface area contributed by atoms with Crippen LogP contribution in [0, 0.1) is 5.82 Å². The summed E-state index contributed by atoms with van der Waals surface area (Å²) in [7, 11) is 0. The van der Waals surface area contributed by atoms with Gasteiger partial charge in [0.25, 0.3) is 11.8 Å². The van der Waals surface area contributed by atoms with E-state index in [9.17, 15) is 14.0 Å². The summed E-state index contributed by atoms with van der Waals surface area (Å²) in [6.45, 7) is 4.27. The van der Waals surface area contributed by atoms with E-state index in [4.69, 9.17) is 0 Å². The molecule has 0 radical (unpaired) electrons. The molecule has 1 unspecified atom stereocenters. The molecular formula is C29H31FN4O2. The largest absolute Gasteiger partial charge is 0.349 e. The number of carbonyl (C=O) groups excluding carboxylic acids is 2. The number of aromatic nitrogens is 2. The zero-order valence-corrected chi connectivity index (χ0v) is 20.6. The molecule has 1 heterocycles. The molecule has 0 fully saturated rings. The molecule has 0 aliphatic rings. The van der Waals surface area contributed by atoms with Crippen LogP contribution >= 0.6 is 0 Å². The van der Waals surface area contributed by atoms with E-state index in [1.54, 1.807) is 18.2 Å². The van der Waals surface area contributed by atoms with Gasteiger partial charge in [-0.2, -0.15) is 0 Å². The molecule has 7 heteroatoms. The predicted molar refractivity (Wildman–Crippen MR) is 142 cm³/mol. The zero-order valence-electron chi connectivity index (χ0n) is 20.6. The number of anilines is 1. The van der Waals surface area contributed by atoms with E-state index in [1.165, 1.54) is 30.7 Å². The van der Waals surface area contributed by atoms with Crippen molar-refractivity contribution in [1.29, 1.82) is 0 Å². The third-order valence-corrected chi connectivity index (χ3v) is 6.25. The molecule has 0 saturated carbocycles. The summed E-state index contributed by atoms with van der Waals surface area (Å²) in [6.07, 6.45) is 5.35. The molecule has 3 N–H and O–H groups in total. The lowest BCUT2D eigenvalue weighted by molar-refractivity contribution is 0.0932. The van der Waals surface area contributed by atoms with E-state index in [0.717, 1.165) is 36.8 Å². The van der Waals surface area contributed by atoms with Crippen LogP contribution in [0.2, 0.25) is 0 Å². The lowest BCUT2D eigenvalue weighted by atomic mass is 10.1. The number of halogens is 1. The molecule has 4 rings (SSSR count). The number of aromatic amines is 1. The zero-order chi connectivity index (χ0) is 25.5. The molecule has 186 valence electrons. The number of imidazole rings is 1. The van der Waals surface area contributed by atoms with Crippen LogP contribution in [-0.4, -0.2) is 27.8 Å². The highest BCUT2D eigenvalue weighted by atomic mass is 19.1. The van der Waals surface area contributed by atoms with Gasteiger partial charge in [-0.05, 0) is 79.6 Å².